The fourth-order valence-electron chi connectivity index (χ4n) is 1.81. The molecule has 4 atom stereocenters. The van der Waals surface area contributed by atoms with Crippen molar-refractivity contribution in [2.75, 3.05) is 13.2 Å². The van der Waals surface area contributed by atoms with Crippen molar-refractivity contribution in [1.82, 2.24) is 10.6 Å². The average Bonchev–Trinajstić information content (AvgIpc) is 2.71. The van der Waals surface area contributed by atoms with Crippen LogP contribution in [0.15, 0.2) is 0 Å². The topological polar surface area (TPSA) is 70.6 Å². The largest absolute Gasteiger partial charge is 0.391 e. The molecule has 3 N–H and O–H groups in total. The molecule has 0 radical (unpaired) electrons. The van der Waals surface area contributed by atoms with Gasteiger partial charge in [0.2, 0.25) is 0 Å². The fraction of sp³-hybridized carbons (Fsp3) is 0.917. The second kappa shape index (κ2) is 6.81. The third-order valence-electron chi connectivity index (χ3n) is 3.47. The average molecular weight is 244 g/mol. The number of aliphatic hydroxyl groups excluding tert-OH is 1. The van der Waals surface area contributed by atoms with Crippen molar-refractivity contribution in [3.63, 3.8) is 0 Å². The molecule has 2 amide bonds. The summed E-state index contributed by atoms with van der Waals surface area (Å²) in [5.74, 6) is 0.198. The summed E-state index contributed by atoms with van der Waals surface area (Å²) in [6.45, 7) is 6.93. The Bertz CT molecular complexity index is 248. The molecule has 5 heteroatoms. The molecule has 0 spiro atoms. The van der Waals surface area contributed by atoms with Crippen LogP contribution in [0.25, 0.3) is 0 Å². The molecule has 0 aliphatic carbocycles. The first-order valence-corrected chi connectivity index (χ1v) is 6.38. The molecule has 17 heavy (non-hydrogen) atoms. The zero-order valence-electron chi connectivity index (χ0n) is 10.9. The SMILES string of the molecule is CCC(C)C(O)CNC(=O)NC1CCOC1C. The Kier molecular flexibility index (Phi) is 5.71. The Balaban J connectivity index is 2.21. The second-order valence-corrected chi connectivity index (χ2v) is 4.78. The number of aliphatic hydroxyl groups is 1. The molecule has 0 aromatic heterocycles. The van der Waals surface area contributed by atoms with E-state index in [4.69, 9.17) is 4.74 Å². The minimum absolute atomic E-state index is 0.0697. The molecule has 0 bridgehead atoms. The molecule has 1 aliphatic heterocycles. The fourth-order valence-corrected chi connectivity index (χ4v) is 1.81. The standard InChI is InChI=1S/C12H24N2O3/c1-4-8(2)11(15)7-13-12(16)14-10-5-6-17-9(10)3/h8-11,15H,4-7H2,1-3H3,(H2,13,14,16). The zero-order chi connectivity index (χ0) is 12.8. The summed E-state index contributed by atoms with van der Waals surface area (Å²) < 4.78 is 5.36. The number of hydrogen-bond acceptors (Lipinski definition) is 3. The lowest BCUT2D eigenvalue weighted by Gasteiger charge is -2.20. The van der Waals surface area contributed by atoms with E-state index >= 15 is 0 Å². The van der Waals surface area contributed by atoms with Crippen LogP contribution in [0.3, 0.4) is 0 Å². The number of rotatable bonds is 5. The number of amides is 2. The molecule has 100 valence electrons. The van der Waals surface area contributed by atoms with Gasteiger partial charge in [0, 0.05) is 13.2 Å². The first kappa shape index (κ1) is 14.3. The number of nitrogens with one attached hydrogen (secondary N) is 2. The summed E-state index contributed by atoms with van der Waals surface area (Å²) in [6.07, 6.45) is 1.34. The van der Waals surface area contributed by atoms with Crippen LogP contribution in [0.2, 0.25) is 0 Å². The molecule has 0 saturated carbocycles. The van der Waals surface area contributed by atoms with E-state index in [0.717, 1.165) is 12.8 Å². The highest BCUT2D eigenvalue weighted by molar-refractivity contribution is 5.74. The first-order chi connectivity index (χ1) is 8.04. The quantitative estimate of drug-likeness (QED) is 0.672. The van der Waals surface area contributed by atoms with Gasteiger partial charge in [0.25, 0.3) is 0 Å². The van der Waals surface area contributed by atoms with Crippen molar-refractivity contribution < 1.29 is 14.6 Å². The van der Waals surface area contributed by atoms with Gasteiger partial charge < -0.3 is 20.5 Å². The van der Waals surface area contributed by atoms with Crippen LogP contribution in [0.5, 0.6) is 0 Å². The van der Waals surface area contributed by atoms with E-state index in [9.17, 15) is 9.90 Å². The van der Waals surface area contributed by atoms with Crippen LogP contribution in [0.1, 0.15) is 33.6 Å². The summed E-state index contributed by atoms with van der Waals surface area (Å²) in [5.41, 5.74) is 0. The molecule has 0 aromatic rings. The predicted molar refractivity (Wildman–Crippen MR) is 65.8 cm³/mol. The van der Waals surface area contributed by atoms with Crippen molar-refractivity contribution in [3.05, 3.63) is 0 Å². The van der Waals surface area contributed by atoms with Crippen LogP contribution in [-0.4, -0.2) is 42.5 Å². The Morgan fingerprint density at radius 2 is 2.29 bits per heavy atom. The van der Waals surface area contributed by atoms with Gasteiger partial charge in [-0.3, -0.25) is 0 Å². The van der Waals surface area contributed by atoms with Crippen molar-refractivity contribution in [3.8, 4) is 0 Å². The number of carbonyl (C=O) groups excluding carboxylic acids is 1. The molecule has 1 saturated heterocycles. The maximum absolute atomic E-state index is 11.6. The third kappa shape index (κ3) is 4.52. The van der Waals surface area contributed by atoms with E-state index < -0.39 is 6.10 Å². The highest BCUT2D eigenvalue weighted by Crippen LogP contribution is 2.12. The van der Waals surface area contributed by atoms with E-state index in [1.165, 1.54) is 0 Å². The molecule has 1 fully saturated rings. The number of carbonyl (C=O) groups is 1. The van der Waals surface area contributed by atoms with E-state index in [-0.39, 0.29) is 24.1 Å². The Morgan fingerprint density at radius 3 is 2.82 bits per heavy atom. The van der Waals surface area contributed by atoms with Gasteiger partial charge in [-0.05, 0) is 19.3 Å². The van der Waals surface area contributed by atoms with E-state index in [1.807, 2.05) is 20.8 Å². The number of ether oxygens (including phenoxy) is 1. The first-order valence-electron chi connectivity index (χ1n) is 6.38. The van der Waals surface area contributed by atoms with E-state index in [0.29, 0.717) is 13.2 Å². The highest BCUT2D eigenvalue weighted by atomic mass is 16.5. The monoisotopic (exact) mass is 244 g/mol. The van der Waals surface area contributed by atoms with Crippen LogP contribution >= 0.6 is 0 Å². The number of hydrogen-bond donors (Lipinski definition) is 3. The maximum Gasteiger partial charge on any atom is 0.315 e. The van der Waals surface area contributed by atoms with Gasteiger partial charge in [0.1, 0.15) is 0 Å². The zero-order valence-corrected chi connectivity index (χ0v) is 10.9. The number of urea groups is 1. The second-order valence-electron chi connectivity index (χ2n) is 4.78. The normalized spacial score (nSPS) is 27.5. The predicted octanol–water partition coefficient (Wildman–Crippen LogP) is 0.870. The van der Waals surface area contributed by atoms with Gasteiger partial charge >= 0.3 is 6.03 Å². The molecule has 5 nitrogen and oxygen atoms in total. The minimum atomic E-state index is -0.483. The van der Waals surface area contributed by atoms with Gasteiger partial charge in [0.05, 0.1) is 18.2 Å². The lowest BCUT2D eigenvalue weighted by molar-refractivity contribution is 0.109. The van der Waals surface area contributed by atoms with Crippen molar-refractivity contribution in [2.24, 2.45) is 5.92 Å². The van der Waals surface area contributed by atoms with Crippen LogP contribution in [0, 0.1) is 5.92 Å². The molecular formula is C12H24N2O3. The lowest BCUT2D eigenvalue weighted by Crippen LogP contribution is -2.47. The Morgan fingerprint density at radius 1 is 1.59 bits per heavy atom. The Labute approximate surface area is 103 Å². The van der Waals surface area contributed by atoms with Gasteiger partial charge in [0.15, 0.2) is 0 Å². The third-order valence-corrected chi connectivity index (χ3v) is 3.47. The van der Waals surface area contributed by atoms with Crippen LogP contribution in [-0.2, 0) is 4.74 Å². The smallest absolute Gasteiger partial charge is 0.315 e. The lowest BCUT2D eigenvalue weighted by atomic mass is 10.0. The summed E-state index contributed by atoms with van der Waals surface area (Å²) in [5, 5.41) is 15.3. The van der Waals surface area contributed by atoms with Gasteiger partial charge in [-0.1, -0.05) is 20.3 Å². The highest BCUT2D eigenvalue weighted by Gasteiger charge is 2.25. The summed E-state index contributed by atoms with van der Waals surface area (Å²) in [6, 6.07) is -0.148. The van der Waals surface area contributed by atoms with Crippen LogP contribution in [0.4, 0.5) is 4.79 Å². The van der Waals surface area contributed by atoms with Crippen molar-refractivity contribution in [1.29, 1.82) is 0 Å². The molecule has 4 unspecified atom stereocenters. The van der Waals surface area contributed by atoms with Gasteiger partial charge in [-0.15, -0.1) is 0 Å². The summed E-state index contributed by atoms with van der Waals surface area (Å²) >= 11 is 0. The minimum Gasteiger partial charge on any atom is -0.391 e. The van der Waals surface area contributed by atoms with Crippen LogP contribution < -0.4 is 10.6 Å². The van der Waals surface area contributed by atoms with Crippen molar-refractivity contribution in [2.45, 2.75) is 51.9 Å². The molecular weight excluding hydrogens is 220 g/mol. The molecule has 1 heterocycles. The summed E-state index contributed by atoms with van der Waals surface area (Å²) in [7, 11) is 0. The van der Waals surface area contributed by atoms with Gasteiger partial charge in [-0.2, -0.15) is 0 Å². The van der Waals surface area contributed by atoms with E-state index in [2.05, 4.69) is 10.6 Å². The van der Waals surface area contributed by atoms with Gasteiger partial charge in [-0.25, -0.2) is 4.79 Å². The van der Waals surface area contributed by atoms with E-state index in [1.54, 1.807) is 0 Å². The molecule has 1 aliphatic rings. The Hall–Kier alpha value is -0.810. The molecule has 0 aromatic carbocycles. The summed E-state index contributed by atoms with van der Waals surface area (Å²) in [4.78, 5) is 11.6. The maximum atomic E-state index is 11.6. The van der Waals surface area contributed by atoms with Crippen molar-refractivity contribution >= 4 is 6.03 Å². The molecule has 1 rings (SSSR count).